The summed E-state index contributed by atoms with van der Waals surface area (Å²) in [5.41, 5.74) is 8.51. The van der Waals surface area contributed by atoms with Crippen molar-refractivity contribution >= 4 is 17.8 Å². The molecule has 1 rings (SSSR count). The second-order valence-corrected chi connectivity index (χ2v) is 4.72. The van der Waals surface area contributed by atoms with Gasteiger partial charge in [-0.3, -0.25) is 14.8 Å². The third-order valence-electron chi connectivity index (χ3n) is 2.41. The highest BCUT2D eigenvalue weighted by molar-refractivity contribution is 5.90. The SMILES string of the molecule is C/C(N)=C(/C=Nc1cncc(C)c1)NC(=O)C(C)C. The van der Waals surface area contributed by atoms with E-state index in [2.05, 4.69) is 15.3 Å². The quantitative estimate of drug-likeness (QED) is 0.813. The molecule has 102 valence electrons. The molecule has 0 aliphatic heterocycles. The van der Waals surface area contributed by atoms with E-state index in [-0.39, 0.29) is 11.8 Å². The van der Waals surface area contributed by atoms with Gasteiger partial charge in [0, 0.05) is 17.8 Å². The average molecular weight is 260 g/mol. The first-order chi connectivity index (χ1) is 8.90. The summed E-state index contributed by atoms with van der Waals surface area (Å²) in [6.07, 6.45) is 4.95. The summed E-state index contributed by atoms with van der Waals surface area (Å²) in [6.45, 7) is 7.30. The highest BCUT2D eigenvalue weighted by Gasteiger charge is 2.08. The Bertz CT molecular complexity index is 514. The van der Waals surface area contributed by atoms with Crippen LogP contribution in [0.15, 0.2) is 34.8 Å². The maximum Gasteiger partial charge on any atom is 0.227 e. The smallest absolute Gasteiger partial charge is 0.227 e. The monoisotopic (exact) mass is 260 g/mol. The number of nitrogens with two attached hydrogens (primary N) is 1. The molecule has 0 radical (unpaired) electrons. The highest BCUT2D eigenvalue weighted by Crippen LogP contribution is 2.11. The van der Waals surface area contributed by atoms with Gasteiger partial charge in [0.05, 0.1) is 23.8 Å². The van der Waals surface area contributed by atoms with Crippen molar-refractivity contribution in [2.24, 2.45) is 16.6 Å². The van der Waals surface area contributed by atoms with Gasteiger partial charge in [-0.2, -0.15) is 0 Å². The van der Waals surface area contributed by atoms with Crippen molar-refractivity contribution < 1.29 is 4.79 Å². The van der Waals surface area contributed by atoms with E-state index < -0.39 is 0 Å². The van der Waals surface area contributed by atoms with Crippen LogP contribution in [-0.2, 0) is 4.79 Å². The van der Waals surface area contributed by atoms with Crippen molar-refractivity contribution in [1.82, 2.24) is 10.3 Å². The normalized spacial score (nSPS) is 12.7. The molecule has 0 fully saturated rings. The number of aliphatic imine (C=N–C) groups is 1. The molecule has 0 saturated carbocycles. The van der Waals surface area contributed by atoms with Crippen LogP contribution in [0.5, 0.6) is 0 Å². The average Bonchev–Trinajstić information content (AvgIpc) is 2.33. The van der Waals surface area contributed by atoms with Crippen molar-refractivity contribution in [3.05, 3.63) is 35.4 Å². The van der Waals surface area contributed by atoms with Gasteiger partial charge >= 0.3 is 0 Å². The molecule has 1 aromatic rings. The Hall–Kier alpha value is -2.17. The minimum absolute atomic E-state index is 0.0892. The second kappa shape index (κ2) is 6.68. The maximum atomic E-state index is 11.6. The van der Waals surface area contributed by atoms with Crippen molar-refractivity contribution in [3.63, 3.8) is 0 Å². The lowest BCUT2D eigenvalue weighted by molar-refractivity contribution is -0.123. The number of nitrogens with one attached hydrogen (secondary N) is 1. The molecule has 0 saturated heterocycles. The fraction of sp³-hybridized carbons (Fsp3) is 0.357. The number of hydrogen-bond acceptors (Lipinski definition) is 4. The predicted molar refractivity (Wildman–Crippen MR) is 77.0 cm³/mol. The molecule has 0 spiro atoms. The van der Waals surface area contributed by atoms with E-state index >= 15 is 0 Å². The number of nitrogens with zero attached hydrogens (tertiary/aromatic N) is 2. The Morgan fingerprint density at radius 2 is 2.16 bits per heavy atom. The number of aryl methyl sites for hydroxylation is 1. The molecule has 5 nitrogen and oxygen atoms in total. The van der Waals surface area contributed by atoms with Crippen LogP contribution >= 0.6 is 0 Å². The van der Waals surface area contributed by atoms with E-state index in [1.807, 2.05) is 26.8 Å². The number of hydrogen-bond donors (Lipinski definition) is 2. The molecule has 3 N–H and O–H groups in total. The van der Waals surface area contributed by atoms with Gasteiger partial charge in [0.2, 0.25) is 5.91 Å². The van der Waals surface area contributed by atoms with Crippen LogP contribution in [0.25, 0.3) is 0 Å². The summed E-state index contributed by atoms with van der Waals surface area (Å²) in [5, 5.41) is 2.75. The Morgan fingerprint density at radius 1 is 1.47 bits per heavy atom. The Kier molecular flexibility index (Phi) is 5.23. The molecule has 0 atom stereocenters. The molecule has 1 aromatic heterocycles. The number of aromatic nitrogens is 1. The largest absolute Gasteiger partial charge is 0.401 e. The van der Waals surface area contributed by atoms with Gasteiger partial charge < -0.3 is 11.1 Å². The molecule has 19 heavy (non-hydrogen) atoms. The van der Waals surface area contributed by atoms with Crippen molar-refractivity contribution in [2.45, 2.75) is 27.7 Å². The zero-order valence-electron chi connectivity index (χ0n) is 11.8. The van der Waals surface area contributed by atoms with Gasteiger partial charge in [-0.25, -0.2) is 0 Å². The maximum absolute atomic E-state index is 11.6. The van der Waals surface area contributed by atoms with Gasteiger partial charge in [0.15, 0.2) is 0 Å². The highest BCUT2D eigenvalue weighted by atomic mass is 16.1. The third kappa shape index (κ3) is 4.91. The Balaban J connectivity index is 2.86. The number of carbonyl (C=O) groups excluding carboxylic acids is 1. The lowest BCUT2D eigenvalue weighted by Crippen LogP contribution is -2.29. The Morgan fingerprint density at radius 3 is 2.68 bits per heavy atom. The van der Waals surface area contributed by atoms with Gasteiger partial charge in [-0.1, -0.05) is 13.8 Å². The van der Waals surface area contributed by atoms with Crippen molar-refractivity contribution in [3.8, 4) is 0 Å². The summed E-state index contributed by atoms with van der Waals surface area (Å²) in [4.78, 5) is 20.0. The number of carbonyl (C=O) groups is 1. The summed E-state index contributed by atoms with van der Waals surface area (Å²) in [6, 6.07) is 1.90. The first kappa shape index (κ1) is 14.9. The van der Waals surface area contributed by atoms with Crippen LogP contribution < -0.4 is 11.1 Å². The van der Waals surface area contributed by atoms with Crippen LogP contribution in [0.3, 0.4) is 0 Å². The minimum Gasteiger partial charge on any atom is -0.401 e. The van der Waals surface area contributed by atoms with E-state index in [1.54, 1.807) is 25.5 Å². The molecule has 0 unspecified atom stereocenters. The van der Waals surface area contributed by atoms with Crippen LogP contribution in [0.4, 0.5) is 5.69 Å². The molecule has 0 aromatic carbocycles. The molecule has 0 aliphatic rings. The number of allylic oxidation sites excluding steroid dienone is 2. The zero-order valence-corrected chi connectivity index (χ0v) is 11.8. The molecule has 1 heterocycles. The topological polar surface area (TPSA) is 80.4 Å². The number of pyridine rings is 1. The van der Waals surface area contributed by atoms with Crippen LogP contribution in [0.1, 0.15) is 26.3 Å². The van der Waals surface area contributed by atoms with Crippen LogP contribution in [-0.4, -0.2) is 17.1 Å². The van der Waals surface area contributed by atoms with Crippen molar-refractivity contribution in [2.75, 3.05) is 0 Å². The first-order valence-corrected chi connectivity index (χ1v) is 6.13. The van der Waals surface area contributed by atoms with Gasteiger partial charge in [0.1, 0.15) is 0 Å². The lowest BCUT2D eigenvalue weighted by Gasteiger charge is -2.09. The fourth-order valence-electron chi connectivity index (χ4n) is 1.26. The van der Waals surface area contributed by atoms with Gasteiger partial charge in [-0.15, -0.1) is 0 Å². The standard InChI is InChI=1S/C14H20N4O/c1-9(2)14(19)18-13(11(4)15)8-17-12-5-10(3)6-16-7-12/h5-9H,15H2,1-4H3,(H,18,19)/b13-11+,17-8?. The van der Waals surface area contributed by atoms with E-state index in [4.69, 9.17) is 5.73 Å². The van der Waals surface area contributed by atoms with E-state index in [0.717, 1.165) is 11.3 Å². The summed E-state index contributed by atoms with van der Waals surface area (Å²) in [7, 11) is 0. The van der Waals surface area contributed by atoms with Crippen LogP contribution in [0.2, 0.25) is 0 Å². The summed E-state index contributed by atoms with van der Waals surface area (Å²) >= 11 is 0. The lowest BCUT2D eigenvalue weighted by atomic mass is 10.2. The molecule has 1 amide bonds. The summed E-state index contributed by atoms with van der Waals surface area (Å²) in [5.74, 6) is -0.197. The third-order valence-corrected chi connectivity index (χ3v) is 2.41. The molecule has 5 heteroatoms. The van der Waals surface area contributed by atoms with E-state index in [1.165, 1.54) is 0 Å². The number of amides is 1. The molecular formula is C14H20N4O. The molecule has 0 bridgehead atoms. The minimum atomic E-state index is -0.108. The van der Waals surface area contributed by atoms with Gasteiger partial charge in [0.25, 0.3) is 0 Å². The van der Waals surface area contributed by atoms with Gasteiger partial charge in [-0.05, 0) is 25.5 Å². The zero-order chi connectivity index (χ0) is 14.4. The Labute approximate surface area is 113 Å². The summed E-state index contributed by atoms with van der Waals surface area (Å²) < 4.78 is 0. The van der Waals surface area contributed by atoms with E-state index in [0.29, 0.717) is 11.4 Å². The number of rotatable bonds is 4. The fourth-order valence-corrected chi connectivity index (χ4v) is 1.26. The van der Waals surface area contributed by atoms with Crippen LogP contribution in [0, 0.1) is 12.8 Å². The van der Waals surface area contributed by atoms with E-state index in [9.17, 15) is 4.79 Å². The second-order valence-electron chi connectivity index (χ2n) is 4.72. The molecule has 0 aliphatic carbocycles. The first-order valence-electron chi connectivity index (χ1n) is 6.13. The van der Waals surface area contributed by atoms with Crippen molar-refractivity contribution in [1.29, 1.82) is 0 Å². The predicted octanol–water partition coefficient (Wildman–Crippen LogP) is 2.05. The molecular weight excluding hydrogens is 240 g/mol.